The highest BCUT2D eigenvalue weighted by atomic mass is 35.5. The van der Waals surface area contributed by atoms with Crippen LogP contribution in [-0.4, -0.2) is 31.0 Å². The Balaban J connectivity index is 2.24. The summed E-state index contributed by atoms with van der Waals surface area (Å²) in [5.74, 6) is -0.122. The molecule has 120 valence electrons. The van der Waals surface area contributed by atoms with Crippen molar-refractivity contribution in [2.24, 2.45) is 4.99 Å². The van der Waals surface area contributed by atoms with Crippen LogP contribution in [0.1, 0.15) is 22.8 Å². The van der Waals surface area contributed by atoms with Crippen molar-refractivity contribution in [1.82, 2.24) is 0 Å². The molecule has 1 N–H and O–H groups in total. The zero-order valence-electron chi connectivity index (χ0n) is 12.7. The maximum absolute atomic E-state index is 11.4. The van der Waals surface area contributed by atoms with Gasteiger partial charge in [-0.05, 0) is 37.3 Å². The number of phenolic OH excluding ortho intramolecular Hbond substituents is 1. The van der Waals surface area contributed by atoms with Crippen LogP contribution >= 0.6 is 11.6 Å². The molecular formula is C17H16ClNO4. The summed E-state index contributed by atoms with van der Waals surface area (Å²) in [7, 11) is 1.33. The minimum absolute atomic E-state index is 0.0221. The number of benzene rings is 2. The molecular weight excluding hydrogens is 318 g/mol. The van der Waals surface area contributed by atoms with Gasteiger partial charge >= 0.3 is 5.97 Å². The Morgan fingerprint density at radius 1 is 1.30 bits per heavy atom. The van der Waals surface area contributed by atoms with Crippen LogP contribution in [0.15, 0.2) is 41.4 Å². The third kappa shape index (κ3) is 4.23. The van der Waals surface area contributed by atoms with Crippen LogP contribution < -0.4 is 4.74 Å². The molecule has 0 fully saturated rings. The average Bonchev–Trinajstić information content (AvgIpc) is 2.56. The van der Waals surface area contributed by atoms with E-state index in [0.29, 0.717) is 34.2 Å². The summed E-state index contributed by atoms with van der Waals surface area (Å²) in [6.45, 7) is 2.23. The Bertz CT molecular complexity index is 726. The third-order valence-electron chi connectivity index (χ3n) is 3.01. The molecule has 0 unspecified atom stereocenters. The molecule has 0 atom stereocenters. The molecule has 0 bridgehead atoms. The molecule has 0 aliphatic heterocycles. The zero-order chi connectivity index (χ0) is 16.8. The van der Waals surface area contributed by atoms with E-state index in [1.807, 2.05) is 6.92 Å². The van der Waals surface area contributed by atoms with Crippen LogP contribution in [-0.2, 0) is 4.74 Å². The molecule has 23 heavy (non-hydrogen) atoms. The van der Waals surface area contributed by atoms with Crippen molar-refractivity contribution in [3.8, 4) is 11.5 Å². The highest BCUT2D eigenvalue weighted by Crippen LogP contribution is 2.33. The fourth-order valence-corrected chi connectivity index (χ4v) is 2.12. The first-order chi connectivity index (χ1) is 11.0. The number of phenols is 1. The molecule has 0 aliphatic carbocycles. The molecule has 0 heterocycles. The van der Waals surface area contributed by atoms with Crippen molar-refractivity contribution in [3.63, 3.8) is 0 Å². The number of aliphatic imine (C=N–C) groups is 1. The van der Waals surface area contributed by atoms with Gasteiger partial charge in [0.2, 0.25) is 0 Å². The quantitative estimate of drug-likeness (QED) is 0.663. The zero-order valence-corrected chi connectivity index (χ0v) is 13.5. The lowest BCUT2D eigenvalue weighted by atomic mass is 10.2. The van der Waals surface area contributed by atoms with Gasteiger partial charge in [-0.15, -0.1) is 0 Å². The maximum atomic E-state index is 11.4. The summed E-state index contributed by atoms with van der Waals surface area (Å²) >= 11 is 6.01. The Morgan fingerprint density at radius 2 is 2.00 bits per heavy atom. The van der Waals surface area contributed by atoms with Crippen molar-refractivity contribution in [3.05, 3.63) is 52.5 Å². The van der Waals surface area contributed by atoms with Crippen molar-refractivity contribution >= 4 is 29.5 Å². The van der Waals surface area contributed by atoms with E-state index in [1.54, 1.807) is 36.4 Å². The smallest absolute Gasteiger partial charge is 0.337 e. The first-order valence-corrected chi connectivity index (χ1v) is 7.30. The molecule has 0 spiro atoms. The monoisotopic (exact) mass is 333 g/mol. The molecule has 0 radical (unpaired) electrons. The van der Waals surface area contributed by atoms with E-state index in [0.717, 1.165) is 0 Å². The third-order valence-corrected chi connectivity index (χ3v) is 3.23. The van der Waals surface area contributed by atoms with Crippen LogP contribution in [0.25, 0.3) is 0 Å². The number of aromatic hydroxyl groups is 1. The van der Waals surface area contributed by atoms with Gasteiger partial charge in [0.05, 0.1) is 25.0 Å². The fourth-order valence-electron chi connectivity index (χ4n) is 1.90. The Labute approximate surface area is 139 Å². The number of carbonyl (C=O) groups excluding carboxylic acids is 1. The highest BCUT2D eigenvalue weighted by molar-refractivity contribution is 6.31. The summed E-state index contributed by atoms with van der Waals surface area (Å²) < 4.78 is 9.95. The Morgan fingerprint density at radius 3 is 2.61 bits per heavy atom. The summed E-state index contributed by atoms with van der Waals surface area (Å²) in [5.41, 5.74) is 1.50. The van der Waals surface area contributed by atoms with E-state index in [4.69, 9.17) is 16.3 Å². The van der Waals surface area contributed by atoms with E-state index in [-0.39, 0.29) is 5.75 Å². The number of methoxy groups -OCH3 is 1. The molecule has 0 saturated carbocycles. The predicted octanol–water partition coefficient (Wildman–Crippen LogP) is 3.98. The largest absolute Gasteiger partial charge is 0.504 e. The minimum Gasteiger partial charge on any atom is -0.504 e. The number of hydrogen-bond donors (Lipinski definition) is 1. The van der Waals surface area contributed by atoms with Crippen LogP contribution in [0.2, 0.25) is 5.02 Å². The molecule has 0 aliphatic rings. The average molecular weight is 334 g/mol. The molecule has 5 nitrogen and oxygen atoms in total. The lowest BCUT2D eigenvalue weighted by Crippen LogP contribution is -1.99. The predicted molar refractivity (Wildman–Crippen MR) is 89.3 cm³/mol. The highest BCUT2D eigenvalue weighted by Gasteiger charge is 2.09. The van der Waals surface area contributed by atoms with Crippen LogP contribution in [0.4, 0.5) is 5.69 Å². The lowest BCUT2D eigenvalue weighted by Gasteiger charge is -2.08. The van der Waals surface area contributed by atoms with Gasteiger partial charge < -0.3 is 14.6 Å². The van der Waals surface area contributed by atoms with Crippen LogP contribution in [0, 0.1) is 0 Å². The molecule has 6 heteroatoms. The molecule has 0 amide bonds. The van der Waals surface area contributed by atoms with Gasteiger partial charge in [-0.1, -0.05) is 11.6 Å². The van der Waals surface area contributed by atoms with Crippen molar-refractivity contribution in [2.75, 3.05) is 13.7 Å². The SMILES string of the molecule is CCOc1cc(Cl)cc(C=Nc2ccc(C(=O)OC)cc2)c1O. The van der Waals surface area contributed by atoms with Gasteiger partial charge in [0.25, 0.3) is 0 Å². The van der Waals surface area contributed by atoms with Gasteiger partial charge in [0.1, 0.15) is 0 Å². The second-order valence-electron chi connectivity index (χ2n) is 4.57. The van der Waals surface area contributed by atoms with Crippen LogP contribution in [0.5, 0.6) is 11.5 Å². The summed E-state index contributed by atoms with van der Waals surface area (Å²) in [6.07, 6.45) is 1.48. The summed E-state index contributed by atoms with van der Waals surface area (Å²) in [6, 6.07) is 9.71. The van der Waals surface area contributed by atoms with Gasteiger partial charge in [-0.2, -0.15) is 0 Å². The van der Waals surface area contributed by atoms with Crippen molar-refractivity contribution in [1.29, 1.82) is 0 Å². The number of hydrogen-bond acceptors (Lipinski definition) is 5. The maximum Gasteiger partial charge on any atom is 0.337 e. The lowest BCUT2D eigenvalue weighted by molar-refractivity contribution is 0.0601. The van der Waals surface area contributed by atoms with Gasteiger partial charge in [-0.3, -0.25) is 4.99 Å². The molecule has 2 aromatic rings. The Hall–Kier alpha value is -2.53. The summed E-state index contributed by atoms with van der Waals surface area (Å²) in [4.78, 5) is 15.6. The second-order valence-corrected chi connectivity index (χ2v) is 5.01. The number of rotatable bonds is 5. The van der Waals surface area contributed by atoms with Crippen molar-refractivity contribution in [2.45, 2.75) is 6.92 Å². The fraction of sp³-hybridized carbons (Fsp3) is 0.176. The number of halogens is 1. The van der Waals surface area contributed by atoms with Gasteiger partial charge in [0.15, 0.2) is 11.5 Å². The molecule has 0 saturated heterocycles. The van der Waals surface area contributed by atoms with Crippen LogP contribution in [0.3, 0.4) is 0 Å². The van der Waals surface area contributed by atoms with Crippen molar-refractivity contribution < 1.29 is 19.4 Å². The summed E-state index contributed by atoms with van der Waals surface area (Å²) in [5, 5.41) is 10.6. The number of nitrogens with zero attached hydrogens (tertiary/aromatic N) is 1. The standard InChI is InChI=1S/C17H16ClNO4/c1-3-23-15-9-13(18)8-12(16(15)20)10-19-14-6-4-11(5-7-14)17(21)22-2/h4-10,20H,3H2,1-2H3. The Kier molecular flexibility index (Phi) is 5.60. The van der Waals surface area contributed by atoms with E-state index < -0.39 is 5.97 Å². The van der Waals surface area contributed by atoms with Gasteiger partial charge in [-0.25, -0.2) is 4.79 Å². The van der Waals surface area contributed by atoms with E-state index in [1.165, 1.54) is 13.3 Å². The van der Waals surface area contributed by atoms with Gasteiger partial charge in [0, 0.05) is 22.9 Å². The topological polar surface area (TPSA) is 68.1 Å². The van der Waals surface area contributed by atoms with E-state index >= 15 is 0 Å². The minimum atomic E-state index is -0.408. The number of carbonyl (C=O) groups is 1. The number of esters is 1. The van der Waals surface area contributed by atoms with E-state index in [2.05, 4.69) is 9.73 Å². The molecule has 0 aromatic heterocycles. The molecule has 2 rings (SSSR count). The number of ether oxygens (including phenoxy) is 2. The normalized spacial score (nSPS) is 10.7. The van der Waals surface area contributed by atoms with E-state index in [9.17, 15) is 9.90 Å². The first kappa shape index (κ1) is 16.8. The first-order valence-electron chi connectivity index (χ1n) is 6.93. The second kappa shape index (κ2) is 7.65. The molecule has 2 aromatic carbocycles.